The second kappa shape index (κ2) is 6.75. The molecule has 7 N–H and O–H groups in total. The van der Waals surface area contributed by atoms with Gasteiger partial charge in [0.25, 0.3) is 0 Å². The van der Waals surface area contributed by atoms with Gasteiger partial charge in [0.2, 0.25) is 0 Å². The fourth-order valence-corrected chi connectivity index (χ4v) is 4.09. The van der Waals surface area contributed by atoms with Gasteiger partial charge >= 0.3 is 28.3 Å². The average Bonchev–Trinajstić information content (AvgIpc) is 2.64. The Balaban J connectivity index is 2.33. The van der Waals surface area contributed by atoms with Crippen LogP contribution in [0.15, 0.2) is 36.4 Å². The third kappa shape index (κ3) is 2.72. The van der Waals surface area contributed by atoms with Crippen molar-refractivity contribution < 1.29 is 35.2 Å². The maximum absolute atomic E-state index is 10.2. The molecule has 0 saturated carbocycles. The largest absolute Gasteiger partial charge is 0.489 e. The standard InChI is InChI=1S/C17H16B4O7/c1-18(22)12-6-13(19(23)24)9-4-5-11-15(21(27)28)7-14(20(25)26)10-3-2-8(12)16(9)17(10)11/h2-7,22-28H,1H3. The molecule has 0 heterocycles. The average molecular weight is 376 g/mol. The van der Waals surface area contributed by atoms with Crippen LogP contribution in [-0.2, 0) is 0 Å². The third-order valence-electron chi connectivity index (χ3n) is 5.31. The first-order valence-electron chi connectivity index (χ1n) is 8.77. The van der Waals surface area contributed by atoms with E-state index in [9.17, 15) is 35.2 Å². The molecule has 0 amide bonds. The number of benzene rings is 4. The van der Waals surface area contributed by atoms with E-state index in [-0.39, 0.29) is 16.4 Å². The van der Waals surface area contributed by atoms with E-state index in [1.54, 1.807) is 31.1 Å². The molecule has 4 aromatic carbocycles. The zero-order valence-corrected chi connectivity index (χ0v) is 14.9. The van der Waals surface area contributed by atoms with Crippen LogP contribution in [0.4, 0.5) is 0 Å². The monoisotopic (exact) mass is 376 g/mol. The van der Waals surface area contributed by atoms with Crippen LogP contribution in [0.3, 0.4) is 0 Å². The zero-order valence-electron chi connectivity index (χ0n) is 14.9. The molecule has 138 valence electrons. The van der Waals surface area contributed by atoms with Gasteiger partial charge in [-0.05, 0) is 54.2 Å². The topological polar surface area (TPSA) is 142 Å². The van der Waals surface area contributed by atoms with E-state index < -0.39 is 28.3 Å². The molecule has 0 aliphatic carbocycles. The minimum atomic E-state index is -1.85. The van der Waals surface area contributed by atoms with Crippen molar-refractivity contribution in [2.24, 2.45) is 0 Å². The van der Waals surface area contributed by atoms with Gasteiger partial charge in [-0.2, -0.15) is 0 Å². The van der Waals surface area contributed by atoms with Crippen LogP contribution in [-0.4, -0.2) is 63.4 Å². The maximum Gasteiger partial charge on any atom is 0.489 e. The minimum absolute atomic E-state index is 0.0959. The van der Waals surface area contributed by atoms with Gasteiger partial charge in [-0.25, -0.2) is 0 Å². The van der Waals surface area contributed by atoms with Gasteiger partial charge in [0, 0.05) is 0 Å². The molecule has 11 heteroatoms. The normalized spacial score (nSPS) is 11.6. The van der Waals surface area contributed by atoms with Crippen molar-refractivity contribution in [3.63, 3.8) is 0 Å². The Hall–Kier alpha value is -2.10. The van der Waals surface area contributed by atoms with Gasteiger partial charge in [-0.1, -0.05) is 43.2 Å². The van der Waals surface area contributed by atoms with Crippen LogP contribution >= 0.6 is 0 Å². The highest BCUT2D eigenvalue weighted by atomic mass is 16.4. The molecule has 0 aromatic heterocycles. The first-order chi connectivity index (χ1) is 13.2. The molecule has 0 spiro atoms. The van der Waals surface area contributed by atoms with Crippen molar-refractivity contribution in [2.75, 3.05) is 0 Å². The van der Waals surface area contributed by atoms with Gasteiger partial charge in [0.1, 0.15) is 0 Å². The third-order valence-corrected chi connectivity index (χ3v) is 5.31. The Morgan fingerprint density at radius 1 is 0.500 bits per heavy atom. The van der Waals surface area contributed by atoms with Crippen LogP contribution in [0.2, 0.25) is 6.82 Å². The first-order valence-corrected chi connectivity index (χ1v) is 8.77. The van der Waals surface area contributed by atoms with Crippen LogP contribution in [0, 0.1) is 0 Å². The van der Waals surface area contributed by atoms with Crippen molar-refractivity contribution in [1.82, 2.24) is 0 Å². The maximum atomic E-state index is 10.2. The van der Waals surface area contributed by atoms with Crippen LogP contribution in [0.5, 0.6) is 0 Å². The van der Waals surface area contributed by atoms with E-state index in [1.807, 2.05) is 0 Å². The summed E-state index contributed by atoms with van der Waals surface area (Å²) >= 11 is 0. The Morgan fingerprint density at radius 2 is 0.786 bits per heavy atom. The number of hydrogen-bond donors (Lipinski definition) is 7. The fraction of sp³-hybridized carbons (Fsp3) is 0.0588. The van der Waals surface area contributed by atoms with Crippen LogP contribution in [0.1, 0.15) is 0 Å². The van der Waals surface area contributed by atoms with E-state index in [0.717, 1.165) is 0 Å². The van der Waals surface area contributed by atoms with Crippen molar-refractivity contribution in [3.8, 4) is 0 Å². The molecule has 0 aliphatic heterocycles. The second-order valence-corrected chi connectivity index (χ2v) is 6.98. The Labute approximate surface area is 161 Å². The summed E-state index contributed by atoms with van der Waals surface area (Å²) in [6.45, 7) is 0.666. The number of rotatable bonds is 4. The van der Waals surface area contributed by atoms with Crippen molar-refractivity contribution in [1.29, 1.82) is 0 Å². The molecule has 4 aromatic rings. The van der Waals surface area contributed by atoms with Crippen molar-refractivity contribution in [2.45, 2.75) is 6.82 Å². The summed E-state index contributed by atoms with van der Waals surface area (Å²) in [6.07, 6.45) is 0. The summed E-state index contributed by atoms with van der Waals surface area (Å²) in [5.41, 5.74) is 0.863. The molecule has 0 fully saturated rings. The Kier molecular flexibility index (Phi) is 4.64. The Morgan fingerprint density at radius 3 is 1.07 bits per heavy atom. The highest BCUT2D eigenvalue weighted by Crippen LogP contribution is 2.32. The van der Waals surface area contributed by atoms with E-state index in [2.05, 4.69) is 0 Å². The van der Waals surface area contributed by atoms with Gasteiger partial charge in [-0.15, -0.1) is 0 Å². The predicted molar refractivity (Wildman–Crippen MR) is 113 cm³/mol. The van der Waals surface area contributed by atoms with E-state index in [0.29, 0.717) is 37.8 Å². The number of hydrogen-bond acceptors (Lipinski definition) is 7. The van der Waals surface area contributed by atoms with Gasteiger partial charge in [0.15, 0.2) is 0 Å². The summed E-state index contributed by atoms with van der Waals surface area (Å²) in [5.74, 6) is 0. The fourth-order valence-electron chi connectivity index (χ4n) is 4.09. The lowest BCUT2D eigenvalue weighted by molar-refractivity contribution is 0.424. The molecule has 4 rings (SSSR count). The highest BCUT2D eigenvalue weighted by molar-refractivity contribution is 6.72. The molecule has 0 unspecified atom stereocenters. The lowest BCUT2D eigenvalue weighted by Gasteiger charge is -2.20. The summed E-state index contributed by atoms with van der Waals surface area (Å²) in [4.78, 5) is 0. The lowest BCUT2D eigenvalue weighted by Crippen LogP contribution is -2.40. The Bertz CT molecular complexity index is 1020. The first kappa shape index (κ1) is 19.2. The molecule has 28 heavy (non-hydrogen) atoms. The molecule has 0 aliphatic rings. The lowest BCUT2D eigenvalue weighted by atomic mass is 9.59. The van der Waals surface area contributed by atoms with E-state index >= 15 is 0 Å². The van der Waals surface area contributed by atoms with Crippen molar-refractivity contribution >= 4 is 82.4 Å². The zero-order chi connectivity index (χ0) is 20.3. The van der Waals surface area contributed by atoms with E-state index in [1.165, 1.54) is 12.1 Å². The predicted octanol–water partition coefficient (Wildman–Crippen LogP) is -3.56. The molecule has 0 bridgehead atoms. The van der Waals surface area contributed by atoms with E-state index in [4.69, 9.17) is 0 Å². The van der Waals surface area contributed by atoms with Gasteiger partial charge < -0.3 is 35.2 Å². The van der Waals surface area contributed by atoms with Gasteiger partial charge in [0.05, 0.1) is 0 Å². The molecular formula is C17H16B4O7. The molecule has 0 radical (unpaired) electrons. The summed E-state index contributed by atoms with van der Waals surface area (Å²) in [5, 5.41) is 72.4. The summed E-state index contributed by atoms with van der Waals surface area (Å²) < 4.78 is 0. The van der Waals surface area contributed by atoms with Crippen molar-refractivity contribution in [3.05, 3.63) is 36.4 Å². The molecule has 0 atom stereocenters. The summed E-state index contributed by atoms with van der Waals surface area (Å²) in [6, 6.07) is 9.52. The minimum Gasteiger partial charge on any atom is -0.446 e. The summed E-state index contributed by atoms with van der Waals surface area (Å²) in [7, 11) is -5.48. The van der Waals surface area contributed by atoms with Gasteiger partial charge in [-0.3, -0.25) is 0 Å². The second-order valence-electron chi connectivity index (χ2n) is 6.98. The van der Waals surface area contributed by atoms with Crippen LogP contribution < -0.4 is 21.9 Å². The molecule has 7 nitrogen and oxygen atoms in total. The SMILES string of the molecule is CB(O)c1cc(B(O)O)c2ccc3c(B(O)O)cc(B(O)O)c4ccc1c2c43. The highest BCUT2D eigenvalue weighted by Gasteiger charge is 2.28. The molecule has 0 saturated heterocycles. The smallest absolute Gasteiger partial charge is 0.446 e. The van der Waals surface area contributed by atoms with Crippen LogP contribution in [0.25, 0.3) is 32.3 Å². The quantitative estimate of drug-likeness (QED) is 0.145. The molecular weight excluding hydrogens is 359 g/mol.